The van der Waals surface area contributed by atoms with E-state index in [2.05, 4.69) is 6.07 Å². The highest BCUT2D eigenvalue weighted by Crippen LogP contribution is 2.21. The van der Waals surface area contributed by atoms with Crippen LogP contribution >= 0.6 is 0 Å². The standard InChI is InChI=1S/C13H15NO2/c1-10(6-4-5-9-14)13(16)11-7-2-3-8-12(11)15/h2-3,7-8,10,15H,4-6H2,1H3. The van der Waals surface area contributed by atoms with Gasteiger partial charge in [-0.1, -0.05) is 19.1 Å². The zero-order valence-corrected chi connectivity index (χ0v) is 9.31. The van der Waals surface area contributed by atoms with Gasteiger partial charge in [-0.05, 0) is 25.0 Å². The van der Waals surface area contributed by atoms with Crippen molar-refractivity contribution in [3.8, 4) is 11.8 Å². The lowest BCUT2D eigenvalue weighted by Gasteiger charge is -2.10. The Bertz CT molecular complexity index is 407. The van der Waals surface area contributed by atoms with Gasteiger partial charge >= 0.3 is 0 Å². The average Bonchev–Trinajstić information content (AvgIpc) is 2.29. The summed E-state index contributed by atoms with van der Waals surface area (Å²) in [6.07, 6.45) is 1.87. The second-order valence-electron chi connectivity index (χ2n) is 3.83. The van der Waals surface area contributed by atoms with Gasteiger partial charge in [-0.25, -0.2) is 0 Å². The average molecular weight is 217 g/mol. The molecule has 0 fully saturated rings. The van der Waals surface area contributed by atoms with Gasteiger partial charge in [-0.15, -0.1) is 0 Å². The number of ketones is 1. The molecular formula is C13H15NO2. The molecule has 0 aliphatic carbocycles. The molecule has 0 saturated carbocycles. The van der Waals surface area contributed by atoms with E-state index in [0.29, 0.717) is 18.4 Å². The summed E-state index contributed by atoms with van der Waals surface area (Å²) in [4.78, 5) is 11.9. The monoisotopic (exact) mass is 217 g/mol. The molecule has 0 radical (unpaired) electrons. The van der Waals surface area contributed by atoms with Gasteiger partial charge in [0.05, 0.1) is 11.6 Å². The molecule has 1 atom stereocenters. The van der Waals surface area contributed by atoms with Crippen LogP contribution in [0.25, 0.3) is 0 Å². The number of hydrogen-bond donors (Lipinski definition) is 1. The molecule has 0 saturated heterocycles. The zero-order valence-electron chi connectivity index (χ0n) is 9.31. The summed E-state index contributed by atoms with van der Waals surface area (Å²) < 4.78 is 0. The molecule has 0 amide bonds. The maximum Gasteiger partial charge on any atom is 0.169 e. The van der Waals surface area contributed by atoms with Gasteiger partial charge in [0.15, 0.2) is 5.78 Å². The van der Waals surface area contributed by atoms with Gasteiger partial charge < -0.3 is 5.11 Å². The highest BCUT2D eigenvalue weighted by atomic mass is 16.3. The first kappa shape index (κ1) is 12.3. The summed E-state index contributed by atoms with van der Waals surface area (Å²) in [6, 6.07) is 8.60. The normalized spacial score (nSPS) is 11.8. The van der Waals surface area contributed by atoms with E-state index in [0.717, 1.165) is 6.42 Å². The van der Waals surface area contributed by atoms with Crippen LogP contribution in [0.15, 0.2) is 24.3 Å². The van der Waals surface area contributed by atoms with E-state index in [1.807, 2.05) is 6.92 Å². The summed E-state index contributed by atoms with van der Waals surface area (Å²) >= 11 is 0. The maximum atomic E-state index is 11.9. The number of para-hydroxylation sites is 1. The molecule has 1 rings (SSSR count). The number of carbonyl (C=O) groups is 1. The van der Waals surface area contributed by atoms with Crippen molar-refractivity contribution < 1.29 is 9.90 Å². The Morgan fingerprint density at radius 1 is 1.50 bits per heavy atom. The molecule has 0 heterocycles. The number of phenolic OH excluding ortho intramolecular Hbond substituents is 1. The number of aromatic hydroxyl groups is 1. The first-order chi connectivity index (χ1) is 7.66. The summed E-state index contributed by atoms with van der Waals surface area (Å²) in [7, 11) is 0. The minimum Gasteiger partial charge on any atom is -0.507 e. The van der Waals surface area contributed by atoms with Gasteiger partial charge in [-0.3, -0.25) is 4.79 Å². The molecule has 1 N–H and O–H groups in total. The Kier molecular flexibility index (Phi) is 4.53. The number of nitriles is 1. The molecule has 3 heteroatoms. The maximum absolute atomic E-state index is 11.9. The number of phenols is 1. The molecule has 0 bridgehead atoms. The van der Waals surface area contributed by atoms with Crippen LogP contribution < -0.4 is 0 Å². The van der Waals surface area contributed by atoms with Gasteiger partial charge in [0, 0.05) is 12.3 Å². The third-order valence-electron chi connectivity index (χ3n) is 2.54. The van der Waals surface area contributed by atoms with Crippen LogP contribution in [0, 0.1) is 17.2 Å². The first-order valence-electron chi connectivity index (χ1n) is 5.36. The quantitative estimate of drug-likeness (QED) is 0.609. The van der Waals surface area contributed by atoms with E-state index in [1.165, 1.54) is 6.07 Å². The van der Waals surface area contributed by atoms with Crippen molar-refractivity contribution in [2.24, 2.45) is 5.92 Å². The fraction of sp³-hybridized carbons (Fsp3) is 0.385. The molecular weight excluding hydrogens is 202 g/mol. The molecule has 0 aromatic heterocycles. The zero-order chi connectivity index (χ0) is 12.0. The SMILES string of the molecule is CC(CCCC#N)C(=O)c1ccccc1O. The molecule has 0 aliphatic heterocycles. The van der Waals surface area contributed by atoms with E-state index in [1.54, 1.807) is 18.2 Å². The lowest BCUT2D eigenvalue weighted by atomic mass is 9.94. The van der Waals surface area contributed by atoms with Crippen LogP contribution in [0.1, 0.15) is 36.5 Å². The lowest BCUT2D eigenvalue weighted by Crippen LogP contribution is -2.11. The van der Waals surface area contributed by atoms with E-state index < -0.39 is 0 Å². The molecule has 3 nitrogen and oxygen atoms in total. The number of unbranched alkanes of at least 4 members (excludes halogenated alkanes) is 1. The Morgan fingerprint density at radius 3 is 2.81 bits per heavy atom. The van der Waals surface area contributed by atoms with E-state index in [4.69, 9.17) is 5.26 Å². The third kappa shape index (κ3) is 3.09. The van der Waals surface area contributed by atoms with Gasteiger partial charge in [0.2, 0.25) is 0 Å². The predicted octanol–water partition coefficient (Wildman–Crippen LogP) is 2.90. The summed E-state index contributed by atoms with van der Waals surface area (Å²) in [5.41, 5.74) is 0.368. The van der Waals surface area contributed by atoms with Crippen molar-refractivity contribution in [1.82, 2.24) is 0 Å². The molecule has 84 valence electrons. The highest BCUT2D eigenvalue weighted by Gasteiger charge is 2.17. The van der Waals surface area contributed by atoms with Crippen LogP contribution in [0.3, 0.4) is 0 Å². The number of rotatable bonds is 5. The molecule has 0 spiro atoms. The number of benzene rings is 1. The van der Waals surface area contributed by atoms with E-state index in [9.17, 15) is 9.90 Å². The van der Waals surface area contributed by atoms with Crippen LogP contribution in [0.5, 0.6) is 5.75 Å². The van der Waals surface area contributed by atoms with Gasteiger partial charge in [-0.2, -0.15) is 5.26 Å². The van der Waals surface area contributed by atoms with Crippen LogP contribution in [-0.4, -0.2) is 10.9 Å². The molecule has 0 aliphatic rings. The number of nitrogens with zero attached hydrogens (tertiary/aromatic N) is 1. The highest BCUT2D eigenvalue weighted by molar-refractivity contribution is 5.99. The largest absolute Gasteiger partial charge is 0.507 e. The molecule has 16 heavy (non-hydrogen) atoms. The number of carbonyl (C=O) groups excluding carboxylic acids is 1. The Hall–Kier alpha value is -1.82. The van der Waals surface area contributed by atoms with Crippen molar-refractivity contribution >= 4 is 5.78 Å². The topological polar surface area (TPSA) is 61.1 Å². The third-order valence-corrected chi connectivity index (χ3v) is 2.54. The van der Waals surface area contributed by atoms with Gasteiger partial charge in [0.25, 0.3) is 0 Å². The first-order valence-corrected chi connectivity index (χ1v) is 5.36. The number of hydrogen-bond acceptors (Lipinski definition) is 3. The van der Waals surface area contributed by atoms with Crippen molar-refractivity contribution in [1.29, 1.82) is 5.26 Å². The second kappa shape index (κ2) is 5.92. The molecule has 1 aromatic rings. The second-order valence-corrected chi connectivity index (χ2v) is 3.83. The van der Waals surface area contributed by atoms with Crippen LogP contribution in [0.4, 0.5) is 0 Å². The minimum absolute atomic E-state index is 0.0274. The minimum atomic E-state index is -0.151. The smallest absolute Gasteiger partial charge is 0.169 e. The van der Waals surface area contributed by atoms with E-state index in [-0.39, 0.29) is 17.5 Å². The Labute approximate surface area is 95.3 Å². The van der Waals surface area contributed by atoms with Crippen molar-refractivity contribution in [2.45, 2.75) is 26.2 Å². The Balaban J connectivity index is 2.64. The molecule has 1 unspecified atom stereocenters. The van der Waals surface area contributed by atoms with E-state index >= 15 is 0 Å². The Morgan fingerprint density at radius 2 is 2.19 bits per heavy atom. The van der Waals surface area contributed by atoms with Crippen molar-refractivity contribution in [3.63, 3.8) is 0 Å². The fourth-order valence-corrected chi connectivity index (χ4v) is 1.57. The predicted molar refractivity (Wildman–Crippen MR) is 61.1 cm³/mol. The number of Topliss-reactive ketones (excluding diaryl/α,β-unsaturated/α-hetero) is 1. The van der Waals surface area contributed by atoms with Crippen LogP contribution in [-0.2, 0) is 0 Å². The van der Waals surface area contributed by atoms with Crippen molar-refractivity contribution in [3.05, 3.63) is 29.8 Å². The molecule has 1 aromatic carbocycles. The van der Waals surface area contributed by atoms with Crippen LogP contribution in [0.2, 0.25) is 0 Å². The summed E-state index contributed by atoms with van der Waals surface area (Å²) in [5, 5.41) is 17.9. The fourth-order valence-electron chi connectivity index (χ4n) is 1.57. The van der Waals surface area contributed by atoms with Gasteiger partial charge in [0.1, 0.15) is 5.75 Å². The lowest BCUT2D eigenvalue weighted by molar-refractivity contribution is 0.0920. The summed E-state index contributed by atoms with van der Waals surface area (Å²) in [6.45, 7) is 1.83. The van der Waals surface area contributed by atoms with Crippen molar-refractivity contribution in [2.75, 3.05) is 0 Å². The summed E-state index contributed by atoms with van der Waals surface area (Å²) in [5.74, 6) is -0.183.